The van der Waals surface area contributed by atoms with Crippen LogP contribution in [-0.2, 0) is 7.05 Å². The van der Waals surface area contributed by atoms with Crippen molar-refractivity contribution in [3.63, 3.8) is 0 Å². The minimum atomic E-state index is 0.398. The molecule has 1 aromatic rings. The summed E-state index contributed by atoms with van der Waals surface area (Å²) in [6.07, 6.45) is 1.15. The highest BCUT2D eigenvalue weighted by molar-refractivity contribution is 5.22. The van der Waals surface area contributed by atoms with Crippen molar-refractivity contribution in [1.82, 2.24) is 20.2 Å². The van der Waals surface area contributed by atoms with E-state index in [0.717, 1.165) is 12.4 Å². The highest BCUT2D eigenvalue weighted by Gasteiger charge is 2.12. The summed E-state index contributed by atoms with van der Waals surface area (Å²) in [5.41, 5.74) is 0. The van der Waals surface area contributed by atoms with Gasteiger partial charge in [-0.1, -0.05) is 25.4 Å². The highest BCUT2D eigenvalue weighted by atomic mass is 15.6. The van der Waals surface area contributed by atoms with Gasteiger partial charge < -0.3 is 5.32 Å². The van der Waals surface area contributed by atoms with Gasteiger partial charge in [0.15, 0.2) is 0 Å². The molecule has 0 aromatic carbocycles. The number of anilines is 1. The first-order valence-corrected chi connectivity index (χ1v) is 4.64. The third kappa shape index (κ3) is 2.40. The average Bonchev–Trinajstić information content (AvgIpc) is 2.50. The van der Waals surface area contributed by atoms with Crippen molar-refractivity contribution < 1.29 is 0 Å². The van der Waals surface area contributed by atoms with Crippen molar-refractivity contribution in [2.24, 2.45) is 13.0 Å². The summed E-state index contributed by atoms with van der Waals surface area (Å²) in [5, 5.41) is 14.4. The van der Waals surface area contributed by atoms with Crippen molar-refractivity contribution >= 4 is 5.95 Å². The Balaban J connectivity index is 2.54. The predicted molar refractivity (Wildman–Crippen MR) is 51.3 cm³/mol. The number of rotatable bonds is 4. The molecule has 0 aliphatic carbocycles. The second-order valence-corrected chi connectivity index (χ2v) is 3.44. The number of tetrazole rings is 1. The molecule has 0 saturated carbocycles. The molecule has 1 heterocycles. The van der Waals surface area contributed by atoms with E-state index in [1.807, 2.05) is 7.05 Å². The lowest BCUT2D eigenvalue weighted by molar-refractivity contribution is 0.490. The summed E-state index contributed by atoms with van der Waals surface area (Å²) >= 11 is 0. The molecule has 2 unspecified atom stereocenters. The molecule has 0 amide bonds. The van der Waals surface area contributed by atoms with Crippen LogP contribution in [0.3, 0.4) is 0 Å². The molecular formula is C8H17N5. The van der Waals surface area contributed by atoms with Crippen LogP contribution < -0.4 is 5.32 Å². The third-order valence-electron chi connectivity index (χ3n) is 2.47. The predicted octanol–water partition coefficient (Wildman–Crippen LogP) is 1.06. The molecule has 1 N–H and O–H groups in total. The van der Waals surface area contributed by atoms with Crippen LogP contribution in [0.15, 0.2) is 0 Å². The summed E-state index contributed by atoms with van der Waals surface area (Å²) in [6.45, 7) is 6.53. The number of hydrogen-bond acceptors (Lipinski definition) is 4. The molecule has 1 aromatic heterocycles. The summed E-state index contributed by atoms with van der Waals surface area (Å²) in [5.74, 6) is 1.35. The van der Waals surface area contributed by atoms with E-state index in [9.17, 15) is 0 Å². The zero-order chi connectivity index (χ0) is 9.84. The number of nitrogens with zero attached hydrogens (tertiary/aromatic N) is 4. The molecule has 1 rings (SSSR count). The van der Waals surface area contributed by atoms with E-state index < -0.39 is 0 Å². The van der Waals surface area contributed by atoms with Crippen LogP contribution in [-0.4, -0.2) is 26.2 Å². The number of aryl methyl sites for hydroxylation is 1. The fraction of sp³-hybridized carbons (Fsp3) is 0.875. The second kappa shape index (κ2) is 4.20. The number of hydrogen-bond donors (Lipinski definition) is 1. The van der Waals surface area contributed by atoms with Crippen LogP contribution >= 0.6 is 0 Å². The lowest BCUT2D eigenvalue weighted by Crippen LogP contribution is -2.25. The Bertz CT molecular complexity index is 257. The lowest BCUT2D eigenvalue weighted by Gasteiger charge is -2.19. The Hall–Kier alpha value is -1.13. The van der Waals surface area contributed by atoms with Gasteiger partial charge in [-0.3, -0.25) is 0 Å². The van der Waals surface area contributed by atoms with Crippen molar-refractivity contribution in [1.29, 1.82) is 0 Å². The minimum Gasteiger partial charge on any atom is -0.350 e. The molecule has 0 fully saturated rings. The molecule has 13 heavy (non-hydrogen) atoms. The smallest absolute Gasteiger partial charge is 0.242 e. The first-order valence-electron chi connectivity index (χ1n) is 4.64. The Morgan fingerprint density at radius 2 is 2.15 bits per heavy atom. The zero-order valence-corrected chi connectivity index (χ0v) is 8.65. The van der Waals surface area contributed by atoms with Crippen LogP contribution in [0.4, 0.5) is 5.95 Å². The SMILES string of the molecule is CCC(C)C(C)Nc1nnnn1C. The van der Waals surface area contributed by atoms with E-state index >= 15 is 0 Å². The Labute approximate surface area is 78.5 Å². The molecule has 0 saturated heterocycles. The van der Waals surface area contributed by atoms with Crippen molar-refractivity contribution in [2.45, 2.75) is 33.2 Å². The first kappa shape index (κ1) is 9.95. The van der Waals surface area contributed by atoms with E-state index in [2.05, 4.69) is 41.6 Å². The van der Waals surface area contributed by atoms with Gasteiger partial charge in [0, 0.05) is 13.1 Å². The van der Waals surface area contributed by atoms with Gasteiger partial charge in [-0.15, -0.1) is 0 Å². The summed E-state index contributed by atoms with van der Waals surface area (Å²) < 4.78 is 1.64. The Kier molecular flexibility index (Phi) is 3.22. The summed E-state index contributed by atoms with van der Waals surface area (Å²) in [4.78, 5) is 0. The van der Waals surface area contributed by atoms with E-state index in [1.54, 1.807) is 4.68 Å². The van der Waals surface area contributed by atoms with E-state index in [0.29, 0.717) is 12.0 Å². The van der Waals surface area contributed by atoms with Gasteiger partial charge in [0.1, 0.15) is 0 Å². The van der Waals surface area contributed by atoms with Gasteiger partial charge in [-0.25, -0.2) is 4.68 Å². The van der Waals surface area contributed by atoms with Crippen LogP contribution in [0.25, 0.3) is 0 Å². The molecule has 0 radical (unpaired) electrons. The second-order valence-electron chi connectivity index (χ2n) is 3.44. The summed E-state index contributed by atoms with van der Waals surface area (Å²) in [7, 11) is 1.83. The molecular weight excluding hydrogens is 166 g/mol. The van der Waals surface area contributed by atoms with Crippen LogP contribution in [0, 0.1) is 5.92 Å². The molecule has 0 bridgehead atoms. The molecule has 0 spiro atoms. The normalized spacial score (nSPS) is 15.4. The summed E-state index contributed by atoms with van der Waals surface area (Å²) in [6, 6.07) is 0.398. The van der Waals surface area contributed by atoms with Crippen LogP contribution in [0.5, 0.6) is 0 Å². The van der Waals surface area contributed by atoms with Gasteiger partial charge in [0.2, 0.25) is 5.95 Å². The molecule has 74 valence electrons. The Morgan fingerprint density at radius 1 is 1.46 bits per heavy atom. The van der Waals surface area contributed by atoms with Gasteiger partial charge in [-0.2, -0.15) is 0 Å². The standard InChI is InChI=1S/C8H17N5/c1-5-6(2)7(3)9-8-10-11-12-13(8)4/h6-7H,5H2,1-4H3,(H,9,10,12). The fourth-order valence-corrected chi connectivity index (χ4v) is 1.05. The maximum Gasteiger partial charge on any atom is 0.242 e. The monoisotopic (exact) mass is 183 g/mol. The molecule has 0 aliphatic rings. The van der Waals surface area contributed by atoms with Crippen LogP contribution in [0.1, 0.15) is 27.2 Å². The quantitative estimate of drug-likeness (QED) is 0.758. The molecule has 0 aliphatic heterocycles. The van der Waals surface area contributed by atoms with Gasteiger partial charge >= 0.3 is 0 Å². The number of nitrogens with one attached hydrogen (secondary N) is 1. The third-order valence-corrected chi connectivity index (χ3v) is 2.47. The Morgan fingerprint density at radius 3 is 2.62 bits per heavy atom. The van der Waals surface area contributed by atoms with Crippen molar-refractivity contribution in [3.05, 3.63) is 0 Å². The first-order chi connectivity index (χ1) is 6.15. The largest absolute Gasteiger partial charge is 0.350 e. The molecule has 5 nitrogen and oxygen atoms in total. The topological polar surface area (TPSA) is 55.6 Å². The van der Waals surface area contributed by atoms with E-state index in [-0.39, 0.29) is 0 Å². The highest BCUT2D eigenvalue weighted by Crippen LogP contribution is 2.11. The minimum absolute atomic E-state index is 0.398. The molecule has 5 heteroatoms. The maximum absolute atomic E-state index is 3.86. The van der Waals surface area contributed by atoms with Crippen molar-refractivity contribution in [3.8, 4) is 0 Å². The maximum atomic E-state index is 3.86. The zero-order valence-electron chi connectivity index (χ0n) is 8.65. The van der Waals surface area contributed by atoms with Gasteiger partial charge in [-0.05, 0) is 23.3 Å². The molecule has 2 atom stereocenters. The number of aromatic nitrogens is 4. The van der Waals surface area contributed by atoms with E-state index in [4.69, 9.17) is 0 Å². The van der Waals surface area contributed by atoms with Gasteiger partial charge in [0.25, 0.3) is 0 Å². The fourth-order valence-electron chi connectivity index (χ4n) is 1.05. The lowest BCUT2D eigenvalue weighted by atomic mass is 10.0. The van der Waals surface area contributed by atoms with Gasteiger partial charge in [0.05, 0.1) is 0 Å². The van der Waals surface area contributed by atoms with Crippen molar-refractivity contribution in [2.75, 3.05) is 5.32 Å². The van der Waals surface area contributed by atoms with Crippen LogP contribution in [0.2, 0.25) is 0 Å². The van der Waals surface area contributed by atoms with E-state index in [1.165, 1.54) is 0 Å². The average molecular weight is 183 g/mol.